The van der Waals surface area contributed by atoms with E-state index in [9.17, 15) is 4.79 Å². The largest absolute Gasteiger partial charge is 0.458 e. The maximum atomic E-state index is 13.3. The third kappa shape index (κ3) is 5.75. The van der Waals surface area contributed by atoms with Gasteiger partial charge in [-0.3, -0.25) is 4.99 Å². The Labute approximate surface area is 195 Å². The number of rotatable bonds is 6. The van der Waals surface area contributed by atoms with E-state index in [2.05, 4.69) is 24.3 Å². The van der Waals surface area contributed by atoms with E-state index < -0.39 is 11.6 Å². The van der Waals surface area contributed by atoms with Crippen LogP contribution in [-0.4, -0.2) is 23.3 Å². The Morgan fingerprint density at radius 1 is 0.788 bits per heavy atom. The van der Waals surface area contributed by atoms with E-state index in [4.69, 9.17) is 9.73 Å². The van der Waals surface area contributed by atoms with Crippen LogP contribution in [0.4, 0.5) is 0 Å². The van der Waals surface area contributed by atoms with Gasteiger partial charge in [0.05, 0.1) is 5.71 Å². The van der Waals surface area contributed by atoms with Gasteiger partial charge in [-0.1, -0.05) is 103 Å². The average molecular weight is 436 g/mol. The SMILES string of the molecule is CC(C)(C)OC(=O)C(Cc1ccccc1)N=C(c1ccccc1)c1cccc2ccccc12. The van der Waals surface area contributed by atoms with Crippen LogP contribution in [0.5, 0.6) is 0 Å². The number of carbonyl (C=O) groups excluding carboxylic acids is 1. The first-order chi connectivity index (χ1) is 15.9. The van der Waals surface area contributed by atoms with Crippen molar-refractivity contribution >= 4 is 22.5 Å². The summed E-state index contributed by atoms with van der Waals surface area (Å²) in [4.78, 5) is 18.4. The van der Waals surface area contributed by atoms with Gasteiger partial charge in [-0.05, 0) is 37.1 Å². The molecule has 0 radical (unpaired) electrons. The van der Waals surface area contributed by atoms with E-state index in [0.29, 0.717) is 6.42 Å². The third-order valence-electron chi connectivity index (χ3n) is 5.33. The molecule has 166 valence electrons. The lowest BCUT2D eigenvalue weighted by Gasteiger charge is -2.23. The Balaban J connectivity index is 1.87. The molecule has 0 aliphatic heterocycles. The second-order valence-electron chi connectivity index (χ2n) is 9.11. The fraction of sp³-hybridized carbons (Fsp3) is 0.200. The molecular formula is C30H29NO2. The molecule has 0 saturated carbocycles. The molecule has 0 amide bonds. The summed E-state index contributed by atoms with van der Waals surface area (Å²) in [6.07, 6.45) is 0.469. The molecule has 0 aromatic heterocycles. The zero-order chi connectivity index (χ0) is 23.3. The minimum atomic E-state index is -0.666. The number of benzene rings is 4. The number of ether oxygens (including phenoxy) is 1. The first kappa shape index (κ1) is 22.5. The highest BCUT2D eigenvalue weighted by atomic mass is 16.6. The topological polar surface area (TPSA) is 38.7 Å². The molecule has 0 N–H and O–H groups in total. The molecule has 0 bridgehead atoms. The van der Waals surface area contributed by atoms with Crippen LogP contribution in [-0.2, 0) is 16.0 Å². The molecule has 33 heavy (non-hydrogen) atoms. The molecule has 0 aliphatic carbocycles. The molecule has 0 spiro atoms. The maximum absolute atomic E-state index is 13.3. The van der Waals surface area contributed by atoms with Crippen molar-refractivity contribution in [1.29, 1.82) is 0 Å². The van der Waals surface area contributed by atoms with Crippen molar-refractivity contribution in [1.82, 2.24) is 0 Å². The van der Waals surface area contributed by atoms with Crippen LogP contribution in [0.1, 0.15) is 37.5 Å². The molecule has 0 heterocycles. The van der Waals surface area contributed by atoms with Crippen LogP contribution < -0.4 is 0 Å². The summed E-state index contributed by atoms with van der Waals surface area (Å²) in [5.41, 5.74) is 3.21. The van der Waals surface area contributed by atoms with Crippen LogP contribution in [0.15, 0.2) is 108 Å². The summed E-state index contributed by atoms with van der Waals surface area (Å²) >= 11 is 0. The molecule has 3 nitrogen and oxygen atoms in total. The Bertz CT molecular complexity index is 1250. The zero-order valence-electron chi connectivity index (χ0n) is 19.4. The van der Waals surface area contributed by atoms with Crippen molar-refractivity contribution in [3.05, 3.63) is 120 Å². The number of hydrogen-bond acceptors (Lipinski definition) is 3. The minimum Gasteiger partial charge on any atom is -0.458 e. The molecule has 1 unspecified atom stereocenters. The van der Waals surface area contributed by atoms with Gasteiger partial charge in [0.1, 0.15) is 5.60 Å². The molecule has 4 aromatic rings. The minimum absolute atomic E-state index is 0.319. The van der Waals surface area contributed by atoms with Gasteiger partial charge in [0.2, 0.25) is 0 Å². The van der Waals surface area contributed by atoms with E-state index in [1.165, 1.54) is 0 Å². The summed E-state index contributed by atoms with van der Waals surface area (Å²) in [7, 11) is 0. The fourth-order valence-electron chi connectivity index (χ4n) is 3.87. The molecule has 0 fully saturated rings. The number of carbonyl (C=O) groups is 1. The average Bonchev–Trinajstić information content (AvgIpc) is 2.81. The fourth-order valence-corrected chi connectivity index (χ4v) is 3.87. The summed E-state index contributed by atoms with van der Waals surface area (Å²) < 4.78 is 5.79. The molecule has 0 aliphatic rings. The van der Waals surface area contributed by atoms with Crippen molar-refractivity contribution in [2.75, 3.05) is 0 Å². The first-order valence-corrected chi connectivity index (χ1v) is 11.3. The van der Waals surface area contributed by atoms with Gasteiger partial charge in [-0.15, -0.1) is 0 Å². The standard InChI is InChI=1S/C30H29NO2/c1-30(2,3)33-29(32)27(21-22-13-6-4-7-14-22)31-28(24-16-8-5-9-17-24)26-20-12-18-23-15-10-11-19-25(23)26/h4-20,27H,21H2,1-3H3. The zero-order valence-corrected chi connectivity index (χ0v) is 19.4. The number of esters is 1. The monoisotopic (exact) mass is 435 g/mol. The van der Waals surface area contributed by atoms with Crippen LogP contribution in [0.3, 0.4) is 0 Å². The van der Waals surface area contributed by atoms with Crippen molar-refractivity contribution in [3.63, 3.8) is 0 Å². The van der Waals surface area contributed by atoms with Crippen molar-refractivity contribution in [2.24, 2.45) is 4.99 Å². The highest BCUT2D eigenvalue weighted by Gasteiger charge is 2.26. The number of aliphatic imine (C=N–C) groups is 1. The van der Waals surface area contributed by atoms with E-state index in [0.717, 1.165) is 33.2 Å². The van der Waals surface area contributed by atoms with Crippen molar-refractivity contribution in [3.8, 4) is 0 Å². The van der Waals surface area contributed by atoms with Gasteiger partial charge in [0.15, 0.2) is 6.04 Å². The Hall–Kier alpha value is -3.72. The van der Waals surface area contributed by atoms with Crippen LogP contribution >= 0.6 is 0 Å². The van der Waals surface area contributed by atoms with Gasteiger partial charge in [-0.2, -0.15) is 0 Å². The second-order valence-corrected chi connectivity index (χ2v) is 9.11. The molecule has 1 atom stereocenters. The third-order valence-corrected chi connectivity index (χ3v) is 5.33. The van der Waals surface area contributed by atoms with E-state index in [1.54, 1.807) is 0 Å². The predicted octanol–water partition coefficient (Wildman–Crippen LogP) is 6.63. The van der Waals surface area contributed by atoms with Gasteiger partial charge >= 0.3 is 5.97 Å². The molecule has 4 rings (SSSR count). The maximum Gasteiger partial charge on any atom is 0.331 e. The van der Waals surface area contributed by atoms with Crippen molar-refractivity contribution in [2.45, 2.75) is 38.8 Å². The Morgan fingerprint density at radius 2 is 1.39 bits per heavy atom. The lowest BCUT2D eigenvalue weighted by molar-refractivity contribution is -0.156. The normalized spacial score (nSPS) is 13.0. The lowest BCUT2D eigenvalue weighted by Crippen LogP contribution is -2.33. The number of hydrogen-bond donors (Lipinski definition) is 0. The van der Waals surface area contributed by atoms with Gasteiger partial charge < -0.3 is 4.74 Å². The van der Waals surface area contributed by atoms with E-state index in [-0.39, 0.29) is 5.97 Å². The summed E-state index contributed by atoms with van der Waals surface area (Å²) in [5, 5.41) is 2.24. The highest BCUT2D eigenvalue weighted by Crippen LogP contribution is 2.24. The summed E-state index contributed by atoms with van der Waals surface area (Å²) in [6, 6.07) is 33.8. The van der Waals surface area contributed by atoms with Crippen LogP contribution in [0.25, 0.3) is 10.8 Å². The lowest BCUT2D eigenvalue weighted by atomic mass is 9.95. The molecular weight excluding hydrogens is 406 g/mol. The number of fused-ring (bicyclic) bond motifs is 1. The Kier molecular flexibility index (Phi) is 6.69. The smallest absolute Gasteiger partial charge is 0.331 e. The Morgan fingerprint density at radius 3 is 2.09 bits per heavy atom. The van der Waals surface area contributed by atoms with Crippen molar-refractivity contribution < 1.29 is 9.53 Å². The van der Waals surface area contributed by atoms with E-state index in [1.807, 2.05) is 99.6 Å². The molecule has 4 aromatic carbocycles. The van der Waals surface area contributed by atoms with Gasteiger partial charge in [0, 0.05) is 17.5 Å². The van der Waals surface area contributed by atoms with Gasteiger partial charge in [-0.25, -0.2) is 4.79 Å². The van der Waals surface area contributed by atoms with Crippen LogP contribution in [0.2, 0.25) is 0 Å². The van der Waals surface area contributed by atoms with E-state index >= 15 is 0 Å². The summed E-state index contributed by atoms with van der Waals surface area (Å²) in [5.74, 6) is -0.319. The van der Waals surface area contributed by atoms with Gasteiger partial charge in [0.25, 0.3) is 0 Å². The predicted molar refractivity (Wildman–Crippen MR) is 136 cm³/mol. The molecule has 3 heteroatoms. The quantitative estimate of drug-likeness (QED) is 0.252. The second kappa shape index (κ2) is 9.83. The number of nitrogens with zero attached hydrogens (tertiary/aromatic N) is 1. The summed E-state index contributed by atoms with van der Waals surface area (Å²) in [6.45, 7) is 5.66. The molecule has 0 saturated heterocycles. The first-order valence-electron chi connectivity index (χ1n) is 11.3. The van der Waals surface area contributed by atoms with Crippen LogP contribution in [0, 0.1) is 0 Å². The highest BCUT2D eigenvalue weighted by molar-refractivity contribution is 6.19.